The van der Waals surface area contributed by atoms with Gasteiger partial charge in [0.05, 0.1) is 18.2 Å². The van der Waals surface area contributed by atoms with Crippen LogP contribution in [0.4, 0.5) is 0 Å². The fraction of sp³-hybridized carbons (Fsp3) is 0.136. The molecule has 0 bridgehead atoms. The van der Waals surface area contributed by atoms with Crippen LogP contribution in [0, 0.1) is 11.3 Å². The highest BCUT2D eigenvalue weighted by molar-refractivity contribution is 6.20. The Morgan fingerprint density at radius 3 is 2.59 bits per heavy atom. The first-order valence-electron chi connectivity index (χ1n) is 8.65. The summed E-state index contributed by atoms with van der Waals surface area (Å²) in [7, 11) is 0. The lowest BCUT2D eigenvalue weighted by Crippen LogP contribution is -2.12. The second-order valence-corrected chi connectivity index (χ2v) is 5.88. The van der Waals surface area contributed by atoms with Crippen molar-refractivity contribution in [2.24, 2.45) is 0 Å². The molecule has 134 valence electrons. The molecule has 2 aromatic carbocycles. The minimum absolute atomic E-state index is 0.281. The highest BCUT2D eigenvalue weighted by atomic mass is 16.5. The molecule has 0 fully saturated rings. The average molecular weight is 357 g/mol. The standard InChI is InChI=1S/C22H19N3O2/c1-2-27-22(26)20(14-17-8-10-18(15-23)11-9-17)21-24-12-13-25(21)16-19-6-4-3-5-7-19/h3-14H,2,16H2,1H3/b20-14+. The Morgan fingerprint density at radius 1 is 1.19 bits per heavy atom. The summed E-state index contributed by atoms with van der Waals surface area (Å²) in [5.41, 5.74) is 2.85. The zero-order valence-electron chi connectivity index (χ0n) is 15.0. The van der Waals surface area contributed by atoms with Crippen molar-refractivity contribution >= 4 is 17.6 Å². The molecule has 0 amide bonds. The smallest absolute Gasteiger partial charge is 0.341 e. The Kier molecular flexibility index (Phi) is 5.80. The molecule has 0 radical (unpaired) electrons. The van der Waals surface area contributed by atoms with Gasteiger partial charge in [-0.25, -0.2) is 9.78 Å². The van der Waals surface area contributed by atoms with Crippen LogP contribution in [0.3, 0.4) is 0 Å². The topological polar surface area (TPSA) is 67.9 Å². The van der Waals surface area contributed by atoms with Crippen LogP contribution < -0.4 is 0 Å². The third-order valence-corrected chi connectivity index (χ3v) is 4.00. The zero-order valence-corrected chi connectivity index (χ0v) is 15.0. The van der Waals surface area contributed by atoms with E-state index >= 15 is 0 Å². The van der Waals surface area contributed by atoms with E-state index in [1.54, 1.807) is 43.5 Å². The van der Waals surface area contributed by atoms with Gasteiger partial charge in [0.15, 0.2) is 0 Å². The number of aromatic nitrogens is 2. The molecule has 5 nitrogen and oxygen atoms in total. The van der Waals surface area contributed by atoms with Crippen molar-refractivity contribution in [3.05, 3.63) is 89.5 Å². The molecule has 0 aliphatic rings. The monoisotopic (exact) mass is 357 g/mol. The molecule has 0 unspecified atom stereocenters. The Hall–Kier alpha value is -3.65. The van der Waals surface area contributed by atoms with E-state index in [4.69, 9.17) is 10.00 Å². The highest BCUT2D eigenvalue weighted by Crippen LogP contribution is 2.20. The van der Waals surface area contributed by atoms with Gasteiger partial charge >= 0.3 is 5.97 Å². The molecular formula is C22H19N3O2. The summed E-state index contributed by atoms with van der Waals surface area (Å²) in [6.45, 7) is 2.65. The summed E-state index contributed by atoms with van der Waals surface area (Å²) < 4.78 is 7.16. The van der Waals surface area contributed by atoms with Crippen LogP contribution >= 0.6 is 0 Å². The number of benzene rings is 2. The van der Waals surface area contributed by atoms with Gasteiger partial charge < -0.3 is 9.30 Å². The maximum atomic E-state index is 12.6. The van der Waals surface area contributed by atoms with Gasteiger partial charge in [-0.1, -0.05) is 42.5 Å². The lowest BCUT2D eigenvalue weighted by atomic mass is 10.1. The number of hydrogen-bond acceptors (Lipinski definition) is 4. The third-order valence-electron chi connectivity index (χ3n) is 4.00. The van der Waals surface area contributed by atoms with Crippen molar-refractivity contribution < 1.29 is 9.53 Å². The van der Waals surface area contributed by atoms with E-state index in [1.807, 2.05) is 41.1 Å². The first-order chi connectivity index (χ1) is 13.2. The number of carbonyl (C=O) groups excluding carboxylic acids is 1. The van der Waals surface area contributed by atoms with Gasteiger partial charge in [0.2, 0.25) is 0 Å². The van der Waals surface area contributed by atoms with Crippen molar-refractivity contribution in [3.8, 4) is 6.07 Å². The number of imidazole rings is 1. The maximum absolute atomic E-state index is 12.6. The number of hydrogen-bond donors (Lipinski definition) is 0. The summed E-state index contributed by atoms with van der Waals surface area (Å²) in [5.74, 6) is 0.115. The van der Waals surface area contributed by atoms with Crippen LogP contribution in [0.15, 0.2) is 67.0 Å². The van der Waals surface area contributed by atoms with Crippen LogP contribution in [-0.4, -0.2) is 22.1 Å². The quantitative estimate of drug-likeness (QED) is 0.495. The molecule has 3 aromatic rings. The van der Waals surface area contributed by atoms with Gasteiger partial charge in [0.25, 0.3) is 0 Å². The van der Waals surface area contributed by atoms with E-state index in [9.17, 15) is 4.79 Å². The van der Waals surface area contributed by atoms with E-state index < -0.39 is 5.97 Å². The van der Waals surface area contributed by atoms with E-state index in [0.29, 0.717) is 23.5 Å². The summed E-state index contributed by atoms with van der Waals surface area (Å²) in [6.07, 6.45) is 5.25. The van der Waals surface area contributed by atoms with Crippen molar-refractivity contribution in [3.63, 3.8) is 0 Å². The molecule has 0 spiro atoms. The first kappa shape index (κ1) is 18.2. The van der Waals surface area contributed by atoms with Crippen LogP contribution in [0.25, 0.3) is 11.6 Å². The number of ether oxygens (including phenoxy) is 1. The molecule has 1 aromatic heterocycles. The van der Waals surface area contributed by atoms with Crippen LogP contribution in [0.5, 0.6) is 0 Å². The Labute approximate surface area is 158 Å². The van der Waals surface area contributed by atoms with Crippen LogP contribution in [-0.2, 0) is 16.1 Å². The molecule has 0 aliphatic heterocycles. The van der Waals surface area contributed by atoms with Crippen molar-refractivity contribution in [2.75, 3.05) is 6.61 Å². The molecule has 27 heavy (non-hydrogen) atoms. The van der Waals surface area contributed by atoms with E-state index in [0.717, 1.165) is 11.1 Å². The predicted octanol–water partition coefficient (Wildman–Crippen LogP) is 3.91. The molecule has 0 saturated carbocycles. The Morgan fingerprint density at radius 2 is 1.93 bits per heavy atom. The van der Waals surface area contributed by atoms with E-state index in [2.05, 4.69) is 11.1 Å². The number of carbonyl (C=O) groups is 1. The van der Waals surface area contributed by atoms with Crippen molar-refractivity contribution in [1.29, 1.82) is 5.26 Å². The van der Waals surface area contributed by atoms with Gasteiger partial charge in [-0.05, 0) is 36.3 Å². The van der Waals surface area contributed by atoms with Gasteiger partial charge in [0, 0.05) is 18.9 Å². The van der Waals surface area contributed by atoms with E-state index in [1.165, 1.54) is 0 Å². The number of nitriles is 1. The SMILES string of the molecule is CCOC(=O)/C(=C/c1ccc(C#N)cc1)c1nccn1Cc1ccccc1. The summed E-state index contributed by atoms with van der Waals surface area (Å²) >= 11 is 0. The molecule has 3 rings (SSSR count). The molecular weight excluding hydrogens is 338 g/mol. The number of nitrogens with zero attached hydrogens (tertiary/aromatic N) is 3. The van der Waals surface area contributed by atoms with Gasteiger partial charge in [-0.3, -0.25) is 0 Å². The van der Waals surface area contributed by atoms with Gasteiger partial charge in [0.1, 0.15) is 11.4 Å². The van der Waals surface area contributed by atoms with Crippen LogP contribution in [0.1, 0.15) is 29.4 Å². The maximum Gasteiger partial charge on any atom is 0.341 e. The normalized spacial score (nSPS) is 11.0. The molecule has 0 aliphatic carbocycles. The second-order valence-electron chi connectivity index (χ2n) is 5.88. The fourth-order valence-electron chi connectivity index (χ4n) is 2.71. The lowest BCUT2D eigenvalue weighted by molar-refractivity contribution is -0.136. The largest absolute Gasteiger partial charge is 0.462 e. The fourth-order valence-corrected chi connectivity index (χ4v) is 2.71. The highest BCUT2D eigenvalue weighted by Gasteiger charge is 2.18. The van der Waals surface area contributed by atoms with E-state index in [-0.39, 0.29) is 6.61 Å². The molecule has 0 N–H and O–H groups in total. The Bertz CT molecular complexity index is 980. The van der Waals surface area contributed by atoms with Crippen molar-refractivity contribution in [2.45, 2.75) is 13.5 Å². The average Bonchev–Trinajstić information content (AvgIpc) is 3.15. The summed E-state index contributed by atoms with van der Waals surface area (Å²) in [5, 5.41) is 8.94. The summed E-state index contributed by atoms with van der Waals surface area (Å²) in [6, 6.07) is 19.1. The van der Waals surface area contributed by atoms with Gasteiger partial charge in [-0.15, -0.1) is 0 Å². The predicted molar refractivity (Wildman–Crippen MR) is 103 cm³/mol. The molecule has 1 heterocycles. The zero-order chi connectivity index (χ0) is 19.1. The Balaban J connectivity index is 1.99. The number of rotatable bonds is 6. The van der Waals surface area contributed by atoms with Crippen LogP contribution in [0.2, 0.25) is 0 Å². The molecule has 0 atom stereocenters. The number of esters is 1. The molecule has 5 heteroatoms. The lowest BCUT2D eigenvalue weighted by Gasteiger charge is -2.11. The van der Waals surface area contributed by atoms with Crippen molar-refractivity contribution in [1.82, 2.24) is 9.55 Å². The minimum atomic E-state index is -0.428. The first-order valence-corrected chi connectivity index (χ1v) is 8.65. The third kappa shape index (κ3) is 4.50. The summed E-state index contributed by atoms with van der Waals surface area (Å²) in [4.78, 5) is 17.0. The second kappa shape index (κ2) is 8.63. The van der Waals surface area contributed by atoms with Gasteiger partial charge in [-0.2, -0.15) is 5.26 Å². The molecule has 0 saturated heterocycles. The minimum Gasteiger partial charge on any atom is -0.462 e.